The molecule has 0 saturated heterocycles. The SMILES string of the molecule is CC(C)(C)c1cc(-c2ncnc3sc4cc5occc5cc4c23)[c-]c2ccccc12.CCC(C)(CC)C(=O)/C=C(\O)C(C)(CC)CC.[Ir]. The van der Waals surface area contributed by atoms with Gasteiger partial charge in [0.15, 0.2) is 5.78 Å². The van der Waals surface area contributed by atoms with Crippen LogP contribution in [0.4, 0.5) is 0 Å². The van der Waals surface area contributed by atoms with Crippen LogP contribution in [0.15, 0.2) is 77.4 Å². The maximum atomic E-state index is 12.2. The van der Waals surface area contributed by atoms with Gasteiger partial charge in [-0.2, -0.15) is 0 Å². The summed E-state index contributed by atoms with van der Waals surface area (Å²) in [7, 11) is 0. The monoisotopic (exact) mass is 840 g/mol. The molecule has 5 nitrogen and oxygen atoms in total. The summed E-state index contributed by atoms with van der Waals surface area (Å²) in [5, 5.41) is 15.8. The standard InChI is InChI=1S/C26H19N2OS.C15H28O2.Ir/c1-26(2,3)20-12-17(10-15-6-4-5-7-18(15)20)24-23-19-11-16-8-9-29-21(16)13-22(19)30-25(23)28-14-27-24;1-7-14(5,8-2)12(16)11-13(17)15(6,9-3)10-4;/h4-9,11-14H,1-3H3;11,16H,7-10H2,1-6H3;/q-1;;/b;12-11-;. The number of nitrogens with zero attached hydrogens (tertiary/aromatic N) is 2. The van der Waals surface area contributed by atoms with E-state index in [4.69, 9.17) is 9.40 Å². The first kappa shape index (κ1) is 37.4. The second kappa shape index (κ2) is 14.6. The molecule has 0 spiro atoms. The number of benzene rings is 3. The number of fused-ring (bicyclic) bond motifs is 5. The van der Waals surface area contributed by atoms with E-state index in [9.17, 15) is 9.90 Å². The van der Waals surface area contributed by atoms with Crippen molar-refractivity contribution in [3.05, 3.63) is 84.6 Å². The first-order valence-corrected chi connectivity index (χ1v) is 17.6. The van der Waals surface area contributed by atoms with Crippen LogP contribution in [0.5, 0.6) is 0 Å². The van der Waals surface area contributed by atoms with Crippen molar-refractivity contribution in [3.63, 3.8) is 0 Å². The molecular formula is C41H47IrN2O3S-. The molecule has 1 N–H and O–H groups in total. The summed E-state index contributed by atoms with van der Waals surface area (Å²) in [6, 6.07) is 20.7. The van der Waals surface area contributed by atoms with Crippen LogP contribution in [0, 0.1) is 16.9 Å². The van der Waals surface area contributed by atoms with E-state index in [2.05, 4.69) is 74.3 Å². The van der Waals surface area contributed by atoms with E-state index in [1.165, 1.54) is 22.4 Å². The normalized spacial score (nSPS) is 12.7. The van der Waals surface area contributed by atoms with Crippen LogP contribution >= 0.6 is 11.3 Å². The fourth-order valence-electron chi connectivity index (χ4n) is 5.93. The molecule has 0 saturated carbocycles. The zero-order chi connectivity index (χ0) is 34.1. The van der Waals surface area contributed by atoms with Gasteiger partial charge in [-0.15, -0.1) is 40.5 Å². The van der Waals surface area contributed by atoms with Crippen molar-refractivity contribution in [3.8, 4) is 11.3 Å². The third-order valence-corrected chi connectivity index (χ3v) is 11.3. The molecule has 0 bridgehead atoms. The Morgan fingerprint density at radius 2 is 1.56 bits per heavy atom. The minimum Gasteiger partial charge on any atom is -0.512 e. The first-order chi connectivity index (χ1) is 22.3. The van der Waals surface area contributed by atoms with Gasteiger partial charge in [-0.05, 0) is 54.7 Å². The number of aromatic nitrogens is 2. The smallest absolute Gasteiger partial charge is 0.164 e. The van der Waals surface area contributed by atoms with Gasteiger partial charge in [0, 0.05) is 58.2 Å². The number of hydrogen-bond donors (Lipinski definition) is 1. The molecule has 48 heavy (non-hydrogen) atoms. The van der Waals surface area contributed by atoms with E-state index >= 15 is 0 Å². The molecule has 255 valence electrons. The molecule has 0 aliphatic rings. The number of allylic oxidation sites excluding steroid dienone is 2. The summed E-state index contributed by atoms with van der Waals surface area (Å²) in [6.45, 7) is 18.8. The van der Waals surface area contributed by atoms with Gasteiger partial charge in [0.05, 0.1) is 6.26 Å². The molecule has 0 unspecified atom stereocenters. The fourth-order valence-corrected chi connectivity index (χ4v) is 6.98. The maximum Gasteiger partial charge on any atom is 0.164 e. The first-order valence-electron chi connectivity index (χ1n) is 16.7. The molecule has 0 amide bonds. The quantitative estimate of drug-likeness (QED) is 0.0938. The minimum absolute atomic E-state index is 0. The van der Waals surface area contributed by atoms with Crippen LogP contribution in [0.3, 0.4) is 0 Å². The predicted molar refractivity (Wildman–Crippen MR) is 198 cm³/mol. The van der Waals surface area contributed by atoms with E-state index in [1.807, 2.05) is 47.6 Å². The Morgan fingerprint density at radius 1 is 0.896 bits per heavy atom. The van der Waals surface area contributed by atoms with E-state index in [-0.39, 0.29) is 47.9 Å². The Balaban J connectivity index is 0.000000251. The van der Waals surface area contributed by atoms with Crippen molar-refractivity contribution >= 4 is 59.2 Å². The summed E-state index contributed by atoms with van der Waals surface area (Å²) < 4.78 is 6.76. The fraction of sp³-hybridized carbons (Fsp3) is 0.390. The zero-order valence-electron chi connectivity index (χ0n) is 29.6. The van der Waals surface area contributed by atoms with Crippen LogP contribution in [0.25, 0.3) is 53.3 Å². The van der Waals surface area contributed by atoms with Gasteiger partial charge in [-0.1, -0.05) is 91.5 Å². The van der Waals surface area contributed by atoms with Gasteiger partial charge in [0.25, 0.3) is 0 Å². The number of carbonyl (C=O) groups excluding carboxylic acids is 1. The molecule has 3 heterocycles. The summed E-state index contributed by atoms with van der Waals surface area (Å²) in [5.74, 6) is 0.286. The van der Waals surface area contributed by atoms with Crippen molar-refractivity contribution in [1.82, 2.24) is 9.97 Å². The Morgan fingerprint density at radius 3 is 2.21 bits per heavy atom. The molecule has 6 aromatic rings. The molecule has 3 aromatic heterocycles. The Labute approximate surface area is 302 Å². The molecule has 0 fully saturated rings. The zero-order valence-corrected chi connectivity index (χ0v) is 32.8. The number of thiophene rings is 1. The average molecular weight is 840 g/mol. The van der Waals surface area contributed by atoms with Crippen LogP contribution in [-0.2, 0) is 30.3 Å². The summed E-state index contributed by atoms with van der Waals surface area (Å²) in [4.78, 5) is 22.5. The number of carbonyl (C=O) groups is 1. The molecule has 6 rings (SSSR count). The van der Waals surface area contributed by atoms with E-state index in [0.29, 0.717) is 0 Å². The maximum absolute atomic E-state index is 12.2. The Hall–Kier alpha value is -3.38. The van der Waals surface area contributed by atoms with E-state index < -0.39 is 0 Å². The third-order valence-electron chi connectivity index (χ3n) is 10.3. The van der Waals surface area contributed by atoms with Crippen LogP contribution in [0.1, 0.15) is 93.6 Å². The van der Waals surface area contributed by atoms with Gasteiger partial charge < -0.3 is 9.52 Å². The number of furan rings is 1. The van der Waals surface area contributed by atoms with Crippen molar-refractivity contribution in [1.29, 1.82) is 0 Å². The van der Waals surface area contributed by atoms with Crippen molar-refractivity contribution in [2.24, 2.45) is 10.8 Å². The van der Waals surface area contributed by atoms with Crippen molar-refractivity contribution in [2.45, 2.75) is 93.4 Å². The van der Waals surface area contributed by atoms with Gasteiger partial charge in [-0.3, -0.25) is 9.78 Å². The van der Waals surface area contributed by atoms with E-state index in [1.54, 1.807) is 23.9 Å². The molecule has 7 heteroatoms. The number of ketones is 1. The van der Waals surface area contributed by atoms with Crippen LogP contribution in [-0.4, -0.2) is 20.9 Å². The van der Waals surface area contributed by atoms with Gasteiger partial charge in [-0.25, -0.2) is 4.98 Å². The van der Waals surface area contributed by atoms with Gasteiger partial charge in [0.2, 0.25) is 0 Å². The molecule has 0 aliphatic heterocycles. The second-order valence-corrected chi connectivity index (χ2v) is 15.2. The topological polar surface area (TPSA) is 76.2 Å². The molecular weight excluding hydrogens is 793 g/mol. The summed E-state index contributed by atoms with van der Waals surface area (Å²) >= 11 is 1.68. The van der Waals surface area contributed by atoms with Crippen LogP contribution < -0.4 is 0 Å². The average Bonchev–Trinajstić information content (AvgIpc) is 3.69. The second-order valence-electron chi connectivity index (χ2n) is 14.1. The number of rotatable bonds is 8. The number of hydrogen-bond acceptors (Lipinski definition) is 6. The van der Waals surface area contributed by atoms with Crippen LogP contribution in [0.2, 0.25) is 0 Å². The largest absolute Gasteiger partial charge is 0.512 e. The molecule has 0 aliphatic carbocycles. The molecule has 3 aromatic carbocycles. The van der Waals surface area contributed by atoms with Gasteiger partial charge >= 0.3 is 0 Å². The third kappa shape index (κ3) is 7.15. The van der Waals surface area contributed by atoms with Crippen molar-refractivity contribution in [2.75, 3.05) is 0 Å². The minimum atomic E-state index is -0.337. The number of aliphatic hydroxyl groups is 1. The molecule has 1 radical (unpaired) electrons. The Bertz CT molecular complexity index is 2090. The van der Waals surface area contributed by atoms with Crippen molar-refractivity contribution < 1.29 is 34.4 Å². The number of aliphatic hydroxyl groups excluding tert-OH is 1. The molecule has 0 atom stereocenters. The predicted octanol–water partition coefficient (Wildman–Crippen LogP) is 12.2. The van der Waals surface area contributed by atoms with E-state index in [0.717, 1.165) is 68.2 Å². The van der Waals surface area contributed by atoms with Gasteiger partial charge in [0.1, 0.15) is 22.5 Å². The Kier molecular flexibility index (Phi) is 11.4. The summed E-state index contributed by atoms with van der Waals surface area (Å²) in [6.07, 6.45) is 8.15. The summed E-state index contributed by atoms with van der Waals surface area (Å²) in [5.41, 5.74) is 3.55.